The minimum Gasteiger partial charge on any atom is -0.462 e. The maximum Gasteiger partial charge on any atom is 0.342 e. The Labute approximate surface area is 195 Å². The number of thiophene rings is 1. The molecule has 4 N–H and O–H groups in total. The lowest BCUT2D eigenvalue weighted by molar-refractivity contribution is -0.113. The summed E-state index contributed by atoms with van der Waals surface area (Å²) in [6.07, 6.45) is 0.890. The Kier molecular flexibility index (Phi) is 8.25. The summed E-state index contributed by atoms with van der Waals surface area (Å²) in [6.45, 7) is 3.97. The van der Waals surface area contributed by atoms with Crippen LogP contribution in [0.2, 0.25) is 0 Å². The Bertz CT molecular complexity index is 1090. The molecule has 0 spiro atoms. The van der Waals surface area contributed by atoms with Gasteiger partial charge >= 0.3 is 5.97 Å². The van der Waals surface area contributed by atoms with Crippen molar-refractivity contribution in [3.05, 3.63) is 39.3 Å². The number of hydrogen-bond acceptors (Lipinski definition) is 11. The first-order valence-electron chi connectivity index (χ1n) is 9.51. The lowest BCUT2D eigenvalue weighted by Gasteiger charge is -2.04. The quantitative estimate of drug-likeness (QED) is 0.269. The molecule has 0 aliphatic carbocycles. The van der Waals surface area contributed by atoms with Crippen LogP contribution < -0.4 is 16.4 Å². The first-order chi connectivity index (χ1) is 15.4. The highest BCUT2D eigenvalue weighted by Crippen LogP contribution is 2.29. The molecule has 13 heteroatoms. The number of carbonyl (C=O) groups excluding carboxylic acids is 3. The number of hydrogen-bond donors (Lipinski definition) is 3. The summed E-state index contributed by atoms with van der Waals surface area (Å²) in [5.41, 5.74) is 5.08. The molecule has 2 amide bonds. The summed E-state index contributed by atoms with van der Waals surface area (Å²) >= 11 is 4.22. The van der Waals surface area contributed by atoms with E-state index in [1.54, 1.807) is 18.3 Å². The van der Waals surface area contributed by atoms with E-state index in [1.165, 1.54) is 34.9 Å². The number of aryl methyl sites for hydroxylation is 1. The zero-order valence-electron chi connectivity index (χ0n) is 17.3. The van der Waals surface area contributed by atoms with Crippen molar-refractivity contribution in [2.75, 3.05) is 29.5 Å². The van der Waals surface area contributed by atoms with Crippen molar-refractivity contribution >= 4 is 63.2 Å². The van der Waals surface area contributed by atoms with E-state index in [4.69, 9.17) is 14.9 Å². The number of esters is 1. The fourth-order valence-electron chi connectivity index (χ4n) is 2.69. The van der Waals surface area contributed by atoms with Crippen LogP contribution in [0.15, 0.2) is 26.3 Å². The third-order valence-electron chi connectivity index (χ3n) is 4.02. The number of nitrogens with zero attached hydrogens (tertiary/aromatic N) is 2. The number of thioether (sulfide) groups is 1. The van der Waals surface area contributed by atoms with E-state index in [9.17, 15) is 14.4 Å². The van der Waals surface area contributed by atoms with Gasteiger partial charge in [-0.1, -0.05) is 29.2 Å². The van der Waals surface area contributed by atoms with Crippen LogP contribution in [0.25, 0.3) is 0 Å². The zero-order valence-corrected chi connectivity index (χ0v) is 19.7. The third-order valence-corrected chi connectivity index (χ3v) is 6.97. The van der Waals surface area contributed by atoms with Crippen LogP contribution in [0, 0.1) is 6.92 Å². The summed E-state index contributed by atoms with van der Waals surface area (Å²) < 4.78 is 10.9. The minimum absolute atomic E-state index is 0.00345. The van der Waals surface area contributed by atoms with Crippen LogP contribution in [0.5, 0.6) is 0 Å². The van der Waals surface area contributed by atoms with Crippen LogP contribution in [0.3, 0.4) is 0 Å². The molecule has 3 heterocycles. The average molecular weight is 496 g/mol. The molecular weight excluding hydrogens is 474 g/mol. The smallest absolute Gasteiger partial charge is 0.342 e. The van der Waals surface area contributed by atoms with Crippen LogP contribution in [0.1, 0.15) is 38.3 Å². The van der Waals surface area contributed by atoms with Crippen LogP contribution in [0.4, 0.5) is 11.0 Å². The SMILES string of the molecule is CCOC(=O)c1c(C)oc(NC(=O)CSc2nnc(NCCc3cccs3)s2)c1C(N)=O. The molecule has 0 unspecified atom stereocenters. The highest BCUT2D eigenvalue weighted by molar-refractivity contribution is 8.01. The fraction of sp³-hybridized carbons (Fsp3) is 0.316. The lowest BCUT2D eigenvalue weighted by atomic mass is 10.1. The molecule has 10 nitrogen and oxygen atoms in total. The Morgan fingerprint density at radius 2 is 2.09 bits per heavy atom. The molecule has 0 radical (unpaired) electrons. The first kappa shape index (κ1) is 23.8. The maximum absolute atomic E-state index is 12.4. The van der Waals surface area contributed by atoms with Crippen molar-refractivity contribution in [1.82, 2.24) is 10.2 Å². The van der Waals surface area contributed by atoms with Crippen molar-refractivity contribution in [2.24, 2.45) is 5.73 Å². The summed E-state index contributed by atoms with van der Waals surface area (Å²) in [5.74, 6) is -2.17. The normalized spacial score (nSPS) is 10.7. The molecule has 0 bridgehead atoms. The topological polar surface area (TPSA) is 149 Å². The monoisotopic (exact) mass is 495 g/mol. The van der Waals surface area contributed by atoms with Crippen LogP contribution in [-0.2, 0) is 16.0 Å². The van der Waals surface area contributed by atoms with E-state index in [-0.39, 0.29) is 35.1 Å². The van der Waals surface area contributed by atoms with Gasteiger partial charge in [-0.25, -0.2) is 4.79 Å². The number of primary amides is 1. The molecular formula is C19H21N5O5S3. The predicted octanol–water partition coefficient (Wildman–Crippen LogP) is 3.16. The first-order valence-corrected chi connectivity index (χ1v) is 12.2. The van der Waals surface area contributed by atoms with Gasteiger partial charge in [0.25, 0.3) is 5.91 Å². The van der Waals surface area contributed by atoms with Crippen molar-refractivity contribution in [3.8, 4) is 0 Å². The molecule has 0 saturated carbocycles. The van der Waals surface area contributed by atoms with E-state index < -0.39 is 17.8 Å². The summed E-state index contributed by atoms with van der Waals surface area (Å²) in [4.78, 5) is 37.6. The van der Waals surface area contributed by atoms with Gasteiger partial charge in [0.1, 0.15) is 16.9 Å². The lowest BCUT2D eigenvalue weighted by Crippen LogP contribution is -2.21. The van der Waals surface area contributed by atoms with Crippen molar-refractivity contribution in [1.29, 1.82) is 0 Å². The van der Waals surface area contributed by atoms with Crippen LogP contribution in [-0.4, -0.2) is 46.9 Å². The Balaban J connectivity index is 1.55. The highest BCUT2D eigenvalue weighted by atomic mass is 32.2. The van der Waals surface area contributed by atoms with Gasteiger partial charge in [0, 0.05) is 11.4 Å². The van der Waals surface area contributed by atoms with Gasteiger partial charge in [0.15, 0.2) is 4.34 Å². The number of aromatic nitrogens is 2. The number of furan rings is 1. The second kappa shape index (κ2) is 11.1. The minimum atomic E-state index is -0.907. The molecule has 3 aromatic rings. The summed E-state index contributed by atoms with van der Waals surface area (Å²) in [7, 11) is 0. The number of nitrogens with two attached hydrogens (primary N) is 1. The number of nitrogens with one attached hydrogen (secondary N) is 2. The predicted molar refractivity (Wildman–Crippen MR) is 124 cm³/mol. The second-order valence-electron chi connectivity index (χ2n) is 6.29. The van der Waals surface area contributed by atoms with E-state index in [1.807, 2.05) is 11.4 Å². The molecule has 0 atom stereocenters. The number of rotatable bonds is 11. The Morgan fingerprint density at radius 1 is 1.28 bits per heavy atom. The largest absolute Gasteiger partial charge is 0.462 e. The van der Waals surface area contributed by atoms with Crippen LogP contribution >= 0.6 is 34.4 Å². The molecule has 0 aromatic carbocycles. The van der Waals surface area contributed by atoms with Crippen molar-refractivity contribution in [2.45, 2.75) is 24.6 Å². The molecule has 0 aliphatic heterocycles. The maximum atomic E-state index is 12.4. The number of anilines is 2. The van der Waals surface area contributed by atoms with Gasteiger partial charge in [0.05, 0.1) is 12.4 Å². The molecule has 170 valence electrons. The Hall–Kier alpha value is -2.90. The van der Waals surface area contributed by atoms with Gasteiger partial charge in [-0.15, -0.1) is 21.5 Å². The van der Waals surface area contributed by atoms with Crippen molar-refractivity contribution in [3.63, 3.8) is 0 Å². The van der Waals surface area contributed by atoms with Gasteiger partial charge in [0.2, 0.25) is 16.9 Å². The highest BCUT2D eigenvalue weighted by Gasteiger charge is 2.29. The second-order valence-corrected chi connectivity index (χ2v) is 9.52. The van der Waals surface area contributed by atoms with Gasteiger partial charge in [-0.05, 0) is 31.7 Å². The van der Waals surface area contributed by atoms with Gasteiger partial charge < -0.3 is 20.2 Å². The number of amides is 2. The number of carbonyl (C=O) groups is 3. The van der Waals surface area contributed by atoms with Gasteiger partial charge in [-0.3, -0.25) is 14.9 Å². The average Bonchev–Trinajstić information content (AvgIpc) is 3.47. The molecule has 32 heavy (non-hydrogen) atoms. The Morgan fingerprint density at radius 3 is 2.78 bits per heavy atom. The molecule has 0 aliphatic rings. The number of ether oxygens (including phenoxy) is 1. The van der Waals surface area contributed by atoms with E-state index >= 15 is 0 Å². The third kappa shape index (κ3) is 6.08. The fourth-order valence-corrected chi connectivity index (χ4v) is 4.98. The molecule has 0 saturated heterocycles. The molecule has 3 aromatic heterocycles. The molecule has 3 rings (SSSR count). The summed E-state index contributed by atoms with van der Waals surface area (Å²) in [5, 5.41) is 16.5. The van der Waals surface area contributed by atoms with Gasteiger partial charge in [-0.2, -0.15) is 0 Å². The zero-order chi connectivity index (χ0) is 23.1. The summed E-state index contributed by atoms with van der Waals surface area (Å²) in [6, 6.07) is 4.09. The van der Waals surface area contributed by atoms with E-state index in [0.717, 1.165) is 13.0 Å². The van der Waals surface area contributed by atoms with Crippen molar-refractivity contribution < 1.29 is 23.5 Å². The molecule has 0 fully saturated rings. The van der Waals surface area contributed by atoms with E-state index in [2.05, 4.69) is 26.9 Å². The standard InChI is InChI=1S/C19H21N5O5S3/c1-3-28-17(27)13-10(2)29-16(14(13)15(20)26)22-12(25)9-31-19-24-23-18(32-19)21-7-6-11-5-4-8-30-11/h4-5,8H,3,6-7,9H2,1-2H3,(H2,20,26)(H,21,23)(H,22,25). The van der Waals surface area contributed by atoms with E-state index in [0.29, 0.717) is 9.47 Å².